The minimum Gasteiger partial charge on any atom is -0.393 e. The van der Waals surface area contributed by atoms with E-state index in [9.17, 15) is 5.11 Å². The standard InChI is InChI=1S/C25H27NO/c27-25-16-23(21-11-5-2-6-12-21)15-24(17-25)26-18-19-8-7-13-22(14-19)20-9-3-1-4-10-20/h1-14,23-27H,15-18H2. The van der Waals surface area contributed by atoms with Gasteiger partial charge in [0.15, 0.2) is 0 Å². The Labute approximate surface area is 161 Å². The highest BCUT2D eigenvalue weighted by Gasteiger charge is 2.28. The predicted molar refractivity (Wildman–Crippen MR) is 112 cm³/mol. The molecule has 1 fully saturated rings. The topological polar surface area (TPSA) is 32.3 Å². The smallest absolute Gasteiger partial charge is 0.0561 e. The van der Waals surface area contributed by atoms with Crippen LogP contribution in [0.3, 0.4) is 0 Å². The number of hydrogen-bond donors (Lipinski definition) is 2. The van der Waals surface area contributed by atoms with Crippen molar-refractivity contribution in [3.63, 3.8) is 0 Å². The summed E-state index contributed by atoms with van der Waals surface area (Å²) < 4.78 is 0. The van der Waals surface area contributed by atoms with Crippen molar-refractivity contribution in [3.8, 4) is 11.1 Å². The average Bonchev–Trinajstić information content (AvgIpc) is 2.73. The molecule has 0 aromatic heterocycles. The van der Waals surface area contributed by atoms with Gasteiger partial charge in [0.2, 0.25) is 0 Å². The molecule has 3 unspecified atom stereocenters. The van der Waals surface area contributed by atoms with Crippen LogP contribution in [-0.2, 0) is 6.54 Å². The van der Waals surface area contributed by atoms with Gasteiger partial charge in [-0.15, -0.1) is 0 Å². The lowest BCUT2D eigenvalue weighted by Gasteiger charge is -2.33. The molecule has 0 heterocycles. The molecule has 138 valence electrons. The van der Waals surface area contributed by atoms with Crippen LogP contribution in [0.25, 0.3) is 11.1 Å². The third-order valence-electron chi connectivity index (χ3n) is 5.58. The van der Waals surface area contributed by atoms with Crippen LogP contribution in [0.1, 0.15) is 36.3 Å². The Morgan fingerprint density at radius 2 is 1.44 bits per heavy atom. The number of benzene rings is 3. The zero-order valence-corrected chi connectivity index (χ0v) is 15.6. The molecule has 4 rings (SSSR count). The lowest BCUT2D eigenvalue weighted by atomic mass is 9.80. The van der Waals surface area contributed by atoms with Crippen molar-refractivity contribution in [2.75, 3.05) is 0 Å². The molecule has 3 aromatic rings. The van der Waals surface area contributed by atoms with Crippen molar-refractivity contribution in [1.29, 1.82) is 0 Å². The Kier molecular flexibility index (Phi) is 5.66. The second-order valence-electron chi connectivity index (χ2n) is 7.61. The first-order valence-corrected chi connectivity index (χ1v) is 9.88. The van der Waals surface area contributed by atoms with E-state index in [4.69, 9.17) is 0 Å². The second-order valence-corrected chi connectivity index (χ2v) is 7.61. The van der Waals surface area contributed by atoms with E-state index < -0.39 is 0 Å². The highest BCUT2D eigenvalue weighted by molar-refractivity contribution is 5.63. The highest BCUT2D eigenvalue weighted by Crippen LogP contribution is 2.33. The molecule has 27 heavy (non-hydrogen) atoms. The molecular weight excluding hydrogens is 330 g/mol. The Hall–Kier alpha value is -2.42. The summed E-state index contributed by atoms with van der Waals surface area (Å²) in [4.78, 5) is 0. The molecule has 0 bridgehead atoms. The zero-order chi connectivity index (χ0) is 18.5. The first-order chi connectivity index (χ1) is 13.3. The average molecular weight is 357 g/mol. The van der Waals surface area contributed by atoms with Crippen LogP contribution in [0.4, 0.5) is 0 Å². The fraction of sp³-hybridized carbons (Fsp3) is 0.280. The molecule has 3 aromatic carbocycles. The molecule has 0 aliphatic heterocycles. The molecule has 0 radical (unpaired) electrons. The van der Waals surface area contributed by atoms with Crippen LogP contribution in [-0.4, -0.2) is 17.3 Å². The summed E-state index contributed by atoms with van der Waals surface area (Å²) in [6.07, 6.45) is 2.56. The Morgan fingerprint density at radius 1 is 0.741 bits per heavy atom. The van der Waals surface area contributed by atoms with Gasteiger partial charge in [-0.25, -0.2) is 0 Å². The normalized spacial score (nSPS) is 22.5. The molecule has 3 atom stereocenters. The van der Waals surface area contributed by atoms with E-state index in [0.29, 0.717) is 12.0 Å². The van der Waals surface area contributed by atoms with Crippen LogP contribution >= 0.6 is 0 Å². The van der Waals surface area contributed by atoms with Crippen molar-refractivity contribution in [3.05, 3.63) is 96.1 Å². The van der Waals surface area contributed by atoms with E-state index in [2.05, 4.69) is 84.2 Å². The van der Waals surface area contributed by atoms with Gasteiger partial charge in [0, 0.05) is 12.6 Å². The lowest BCUT2D eigenvalue weighted by Crippen LogP contribution is -2.38. The monoisotopic (exact) mass is 357 g/mol. The molecule has 0 spiro atoms. The van der Waals surface area contributed by atoms with Crippen molar-refractivity contribution in [2.24, 2.45) is 0 Å². The second kappa shape index (κ2) is 8.51. The molecule has 2 heteroatoms. The van der Waals surface area contributed by atoms with Gasteiger partial charge < -0.3 is 10.4 Å². The molecule has 1 aliphatic carbocycles. The molecule has 1 saturated carbocycles. The van der Waals surface area contributed by atoms with Crippen LogP contribution < -0.4 is 5.32 Å². The molecule has 2 N–H and O–H groups in total. The fourth-order valence-corrected chi connectivity index (χ4v) is 4.21. The van der Waals surface area contributed by atoms with Gasteiger partial charge >= 0.3 is 0 Å². The summed E-state index contributed by atoms with van der Waals surface area (Å²) in [5, 5.41) is 14.0. The number of nitrogens with one attached hydrogen (secondary N) is 1. The third kappa shape index (κ3) is 4.65. The molecular formula is C25H27NO. The van der Waals surface area contributed by atoms with Gasteiger partial charge in [0.1, 0.15) is 0 Å². The SMILES string of the molecule is OC1CC(NCc2cccc(-c3ccccc3)c2)CC(c2ccccc2)C1. The highest BCUT2D eigenvalue weighted by atomic mass is 16.3. The molecule has 2 nitrogen and oxygen atoms in total. The summed E-state index contributed by atoms with van der Waals surface area (Å²) in [6, 6.07) is 30.2. The van der Waals surface area contributed by atoms with Crippen LogP contribution in [0.5, 0.6) is 0 Å². The van der Waals surface area contributed by atoms with Crippen molar-refractivity contribution < 1.29 is 5.11 Å². The van der Waals surface area contributed by atoms with Crippen LogP contribution in [0.2, 0.25) is 0 Å². The Balaban J connectivity index is 1.41. The van der Waals surface area contributed by atoms with Gasteiger partial charge in [-0.1, -0.05) is 78.9 Å². The van der Waals surface area contributed by atoms with Crippen molar-refractivity contribution in [2.45, 2.75) is 43.9 Å². The van der Waals surface area contributed by atoms with Gasteiger partial charge in [0.25, 0.3) is 0 Å². The van der Waals surface area contributed by atoms with E-state index in [1.54, 1.807) is 0 Å². The zero-order valence-electron chi connectivity index (χ0n) is 15.6. The summed E-state index contributed by atoms with van der Waals surface area (Å²) in [6.45, 7) is 0.833. The summed E-state index contributed by atoms with van der Waals surface area (Å²) in [5.41, 5.74) is 5.12. The Morgan fingerprint density at radius 3 is 2.22 bits per heavy atom. The lowest BCUT2D eigenvalue weighted by molar-refractivity contribution is 0.100. The van der Waals surface area contributed by atoms with Gasteiger partial charge in [-0.05, 0) is 53.5 Å². The fourth-order valence-electron chi connectivity index (χ4n) is 4.21. The molecule has 1 aliphatic rings. The van der Waals surface area contributed by atoms with Crippen molar-refractivity contribution in [1.82, 2.24) is 5.32 Å². The van der Waals surface area contributed by atoms with E-state index in [-0.39, 0.29) is 6.10 Å². The van der Waals surface area contributed by atoms with Crippen molar-refractivity contribution >= 4 is 0 Å². The number of hydrogen-bond acceptors (Lipinski definition) is 2. The maximum atomic E-state index is 10.4. The van der Waals surface area contributed by atoms with Crippen LogP contribution in [0, 0.1) is 0 Å². The van der Waals surface area contributed by atoms with E-state index in [0.717, 1.165) is 25.8 Å². The van der Waals surface area contributed by atoms with E-state index in [1.165, 1.54) is 22.3 Å². The summed E-state index contributed by atoms with van der Waals surface area (Å²) >= 11 is 0. The third-order valence-corrected chi connectivity index (χ3v) is 5.58. The number of aliphatic hydroxyl groups excluding tert-OH is 1. The van der Waals surface area contributed by atoms with Gasteiger partial charge in [-0.3, -0.25) is 0 Å². The summed E-state index contributed by atoms with van der Waals surface area (Å²) in [5.74, 6) is 0.433. The number of aliphatic hydroxyl groups is 1. The molecule has 0 amide bonds. The van der Waals surface area contributed by atoms with Gasteiger partial charge in [0.05, 0.1) is 6.10 Å². The van der Waals surface area contributed by atoms with E-state index in [1.807, 2.05) is 6.07 Å². The van der Waals surface area contributed by atoms with E-state index >= 15 is 0 Å². The maximum absolute atomic E-state index is 10.4. The number of rotatable bonds is 5. The largest absolute Gasteiger partial charge is 0.393 e. The molecule has 0 saturated heterocycles. The summed E-state index contributed by atoms with van der Waals surface area (Å²) in [7, 11) is 0. The maximum Gasteiger partial charge on any atom is 0.0561 e. The first-order valence-electron chi connectivity index (χ1n) is 9.88. The quantitative estimate of drug-likeness (QED) is 0.663. The van der Waals surface area contributed by atoms with Crippen LogP contribution in [0.15, 0.2) is 84.9 Å². The minimum absolute atomic E-state index is 0.225. The minimum atomic E-state index is -0.225. The van der Waals surface area contributed by atoms with Gasteiger partial charge in [-0.2, -0.15) is 0 Å². The first kappa shape index (κ1) is 18.0. The predicted octanol–water partition coefficient (Wildman–Crippen LogP) is 5.14. The Bertz CT molecular complexity index is 846.